The third-order valence-corrected chi connectivity index (χ3v) is 2.54. The van der Waals surface area contributed by atoms with E-state index in [9.17, 15) is 4.79 Å². The van der Waals surface area contributed by atoms with Gasteiger partial charge in [-0.3, -0.25) is 0 Å². The lowest BCUT2D eigenvalue weighted by atomic mass is 10.1. The Balaban J connectivity index is 2.08. The first-order valence-electron chi connectivity index (χ1n) is 5.10. The molecule has 0 radical (unpaired) electrons. The lowest BCUT2D eigenvalue weighted by molar-refractivity contribution is -0.0440. The Morgan fingerprint density at radius 2 is 1.88 bits per heavy atom. The van der Waals surface area contributed by atoms with Gasteiger partial charge >= 0.3 is 5.63 Å². The zero-order valence-corrected chi connectivity index (χ0v) is 8.51. The Labute approximate surface area is 91.4 Å². The van der Waals surface area contributed by atoms with Gasteiger partial charge < -0.3 is 13.9 Å². The number of rotatable bonds is 1. The molecular formula is C12H10O4. The van der Waals surface area contributed by atoms with Gasteiger partial charge in [-0.05, 0) is 18.2 Å². The summed E-state index contributed by atoms with van der Waals surface area (Å²) in [6.07, 6.45) is -0.295. The summed E-state index contributed by atoms with van der Waals surface area (Å²) in [5.41, 5.74) is 1.18. The molecule has 1 fully saturated rings. The van der Waals surface area contributed by atoms with Crippen LogP contribution in [0.5, 0.6) is 0 Å². The highest BCUT2D eigenvalue weighted by atomic mass is 16.7. The molecule has 0 unspecified atom stereocenters. The molecule has 0 bridgehead atoms. The predicted molar refractivity (Wildman–Crippen MR) is 57.1 cm³/mol. The van der Waals surface area contributed by atoms with Crippen molar-refractivity contribution < 1.29 is 13.9 Å². The summed E-state index contributed by atoms with van der Waals surface area (Å²) < 4.78 is 15.8. The van der Waals surface area contributed by atoms with Gasteiger partial charge in [0.2, 0.25) is 0 Å². The van der Waals surface area contributed by atoms with E-state index >= 15 is 0 Å². The maximum atomic E-state index is 11.0. The molecule has 4 heteroatoms. The number of benzene rings is 1. The van der Waals surface area contributed by atoms with Crippen molar-refractivity contribution in [3.05, 3.63) is 46.3 Å². The second-order valence-electron chi connectivity index (χ2n) is 3.63. The van der Waals surface area contributed by atoms with E-state index in [0.717, 1.165) is 10.9 Å². The molecule has 4 nitrogen and oxygen atoms in total. The van der Waals surface area contributed by atoms with Crippen LogP contribution in [0.4, 0.5) is 0 Å². The minimum atomic E-state index is -0.339. The molecule has 1 aliphatic rings. The maximum absolute atomic E-state index is 11.0. The van der Waals surface area contributed by atoms with Crippen molar-refractivity contribution in [1.29, 1.82) is 0 Å². The summed E-state index contributed by atoms with van der Waals surface area (Å²) >= 11 is 0. The molecule has 0 aliphatic carbocycles. The Kier molecular flexibility index (Phi) is 2.23. The first kappa shape index (κ1) is 9.57. The van der Waals surface area contributed by atoms with E-state index in [-0.39, 0.29) is 11.9 Å². The van der Waals surface area contributed by atoms with Crippen LogP contribution < -0.4 is 5.63 Å². The van der Waals surface area contributed by atoms with Gasteiger partial charge in [0.1, 0.15) is 5.58 Å². The molecule has 2 heterocycles. The summed E-state index contributed by atoms with van der Waals surface area (Å²) in [6, 6.07) is 8.66. The van der Waals surface area contributed by atoms with E-state index in [0.29, 0.717) is 18.8 Å². The van der Waals surface area contributed by atoms with Crippen LogP contribution in [0.3, 0.4) is 0 Å². The van der Waals surface area contributed by atoms with E-state index in [1.165, 1.54) is 6.07 Å². The van der Waals surface area contributed by atoms with Gasteiger partial charge in [0.05, 0.1) is 13.2 Å². The van der Waals surface area contributed by atoms with Gasteiger partial charge in [0.25, 0.3) is 0 Å². The Morgan fingerprint density at radius 1 is 1.06 bits per heavy atom. The van der Waals surface area contributed by atoms with Crippen LogP contribution in [0, 0.1) is 0 Å². The largest absolute Gasteiger partial charge is 0.423 e. The van der Waals surface area contributed by atoms with Crippen LogP contribution in [0.25, 0.3) is 11.0 Å². The predicted octanol–water partition coefficient (Wildman–Crippen LogP) is 1.84. The molecular weight excluding hydrogens is 208 g/mol. The minimum absolute atomic E-state index is 0.295. The Bertz CT molecular complexity index is 566. The highest BCUT2D eigenvalue weighted by Gasteiger charge is 2.18. The van der Waals surface area contributed by atoms with Crippen molar-refractivity contribution in [1.82, 2.24) is 0 Å². The second kappa shape index (κ2) is 3.73. The molecule has 0 spiro atoms. The van der Waals surface area contributed by atoms with Crippen LogP contribution in [-0.2, 0) is 9.47 Å². The molecule has 16 heavy (non-hydrogen) atoms. The van der Waals surface area contributed by atoms with E-state index in [4.69, 9.17) is 13.9 Å². The molecule has 0 amide bonds. The molecule has 1 saturated heterocycles. The van der Waals surface area contributed by atoms with Crippen molar-refractivity contribution in [3.63, 3.8) is 0 Å². The van der Waals surface area contributed by atoms with E-state index in [2.05, 4.69) is 0 Å². The number of hydrogen-bond acceptors (Lipinski definition) is 4. The van der Waals surface area contributed by atoms with E-state index in [1.807, 2.05) is 12.1 Å². The van der Waals surface area contributed by atoms with Gasteiger partial charge in [-0.25, -0.2) is 4.79 Å². The van der Waals surface area contributed by atoms with E-state index < -0.39 is 0 Å². The van der Waals surface area contributed by atoms with E-state index in [1.54, 1.807) is 12.1 Å². The number of hydrogen-bond donors (Lipinski definition) is 0. The third kappa shape index (κ3) is 1.62. The highest BCUT2D eigenvalue weighted by Crippen LogP contribution is 2.25. The second-order valence-corrected chi connectivity index (χ2v) is 3.63. The molecule has 0 saturated carbocycles. The van der Waals surface area contributed by atoms with Crippen molar-refractivity contribution in [2.24, 2.45) is 0 Å². The molecule has 1 aliphatic heterocycles. The van der Waals surface area contributed by atoms with Crippen LogP contribution >= 0.6 is 0 Å². The fourth-order valence-electron chi connectivity index (χ4n) is 1.79. The van der Waals surface area contributed by atoms with Crippen molar-refractivity contribution in [2.45, 2.75) is 6.29 Å². The monoisotopic (exact) mass is 218 g/mol. The summed E-state index contributed by atoms with van der Waals surface area (Å²) in [4.78, 5) is 11.0. The van der Waals surface area contributed by atoms with Crippen molar-refractivity contribution >= 4 is 11.0 Å². The maximum Gasteiger partial charge on any atom is 0.336 e. The quantitative estimate of drug-likeness (QED) is 0.685. The van der Waals surface area contributed by atoms with Gasteiger partial charge in [-0.15, -0.1) is 0 Å². The summed E-state index contributed by atoms with van der Waals surface area (Å²) in [5.74, 6) is 0. The van der Waals surface area contributed by atoms with Gasteiger partial charge in [0, 0.05) is 17.0 Å². The normalized spacial score (nSPS) is 17.0. The van der Waals surface area contributed by atoms with Crippen LogP contribution in [0.2, 0.25) is 0 Å². The zero-order chi connectivity index (χ0) is 11.0. The molecule has 2 aromatic rings. The molecule has 82 valence electrons. The minimum Gasteiger partial charge on any atom is -0.423 e. The molecule has 0 N–H and O–H groups in total. The van der Waals surface area contributed by atoms with Crippen LogP contribution in [-0.4, -0.2) is 13.2 Å². The standard InChI is InChI=1S/C12H10O4/c13-11-4-2-8-7-9(1-3-10(8)16-11)12-14-5-6-15-12/h1-4,7,12H,5-6H2. The summed E-state index contributed by atoms with van der Waals surface area (Å²) in [7, 11) is 0. The molecule has 3 rings (SSSR count). The summed E-state index contributed by atoms with van der Waals surface area (Å²) in [6.45, 7) is 1.24. The molecule has 1 aromatic heterocycles. The van der Waals surface area contributed by atoms with Crippen molar-refractivity contribution in [2.75, 3.05) is 13.2 Å². The van der Waals surface area contributed by atoms with Crippen LogP contribution in [0.1, 0.15) is 11.9 Å². The summed E-state index contributed by atoms with van der Waals surface area (Å²) in [5, 5.41) is 0.871. The van der Waals surface area contributed by atoms with Gasteiger partial charge in [-0.1, -0.05) is 6.07 Å². The lowest BCUT2D eigenvalue weighted by Gasteiger charge is -2.09. The molecule has 1 aromatic carbocycles. The smallest absolute Gasteiger partial charge is 0.336 e. The Morgan fingerprint density at radius 3 is 2.69 bits per heavy atom. The lowest BCUT2D eigenvalue weighted by Crippen LogP contribution is -1.99. The first-order chi connectivity index (χ1) is 7.83. The fourth-order valence-corrected chi connectivity index (χ4v) is 1.79. The van der Waals surface area contributed by atoms with Crippen molar-refractivity contribution in [3.8, 4) is 0 Å². The average molecular weight is 218 g/mol. The molecule has 0 atom stereocenters. The topological polar surface area (TPSA) is 48.7 Å². The highest BCUT2D eigenvalue weighted by molar-refractivity contribution is 5.77. The van der Waals surface area contributed by atoms with Gasteiger partial charge in [0.15, 0.2) is 6.29 Å². The average Bonchev–Trinajstić information content (AvgIpc) is 2.82. The first-order valence-corrected chi connectivity index (χ1v) is 5.10. The fraction of sp³-hybridized carbons (Fsp3) is 0.250. The number of fused-ring (bicyclic) bond motifs is 1. The zero-order valence-electron chi connectivity index (χ0n) is 8.51. The van der Waals surface area contributed by atoms with Gasteiger partial charge in [-0.2, -0.15) is 0 Å². The third-order valence-electron chi connectivity index (χ3n) is 2.54. The van der Waals surface area contributed by atoms with Crippen LogP contribution in [0.15, 0.2) is 39.5 Å². The number of ether oxygens (including phenoxy) is 2. The Hall–Kier alpha value is -1.65. The SMILES string of the molecule is O=c1ccc2cc(C3OCCO3)ccc2o1.